The summed E-state index contributed by atoms with van der Waals surface area (Å²) in [7, 11) is 0.0300. The van der Waals surface area contributed by atoms with Crippen LogP contribution in [0.1, 0.15) is 18.4 Å². The summed E-state index contributed by atoms with van der Waals surface area (Å²) in [6.45, 7) is 0. The summed E-state index contributed by atoms with van der Waals surface area (Å²) in [5, 5.41) is 0. The largest absolute Gasteiger partial charge is 0.497 e. The van der Waals surface area contributed by atoms with Gasteiger partial charge in [-0.05, 0) is 30.5 Å². The summed E-state index contributed by atoms with van der Waals surface area (Å²) in [5.74, 6) is 0.168. The molecule has 2 amide bonds. The Kier molecular flexibility index (Phi) is 6.62. The molecule has 26 heavy (non-hydrogen) atoms. The van der Waals surface area contributed by atoms with E-state index < -0.39 is 21.7 Å². The topological polar surface area (TPSA) is 111 Å². The second-order valence-corrected chi connectivity index (χ2v) is 8.18. The Balaban J connectivity index is 1.83. The molecule has 0 spiro atoms. The fourth-order valence-corrected chi connectivity index (χ4v) is 4.50. The Hall–Kier alpha value is -2.55. The number of carbonyl (C=O) groups excluding carboxylic acids is 2. The fourth-order valence-electron chi connectivity index (χ4n) is 2.64. The van der Waals surface area contributed by atoms with Gasteiger partial charge < -0.3 is 9.47 Å². The van der Waals surface area contributed by atoms with Gasteiger partial charge >= 0.3 is 0 Å². The van der Waals surface area contributed by atoms with Crippen molar-refractivity contribution in [1.29, 1.82) is 0 Å². The molecule has 0 bridgehead atoms. The highest BCUT2D eigenvalue weighted by Crippen LogP contribution is 2.25. The molecule has 1 aliphatic heterocycles. The predicted octanol–water partition coefficient (Wildman–Crippen LogP) is 0.689. The third-order valence-electron chi connectivity index (χ3n) is 3.98. The molecule has 9 heteroatoms. The minimum Gasteiger partial charge on any atom is -0.497 e. The number of ether oxygens (including phenoxy) is 2. The first-order valence-electron chi connectivity index (χ1n) is 8.02. The summed E-state index contributed by atoms with van der Waals surface area (Å²) in [6, 6.07) is 5.16. The normalized spacial score (nSPS) is 18.5. The van der Waals surface area contributed by atoms with Gasteiger partial charge in [-0.3, -0.25) is 20.4 Å². The number of benzene rings is 1. The lowest BCUT2D eigenvalue weighted by atomic mass is 10.1. The number of sulfone groups is 1. The average Bonchev–Trinajstić information content (AvgIpc) is 2.96. The number of nitrogens with one attached hydrogen (secondary N) is 2. The van der Waals surface area contributed by atoms with Crippen molar-refractivity contribution in [2.24, 2.45) is 5.92 Å². The smallest absolute Gasteiger partial charge is 0.262 e. The lowest BCUT2D eigenvalue weighted by Crippen LogP contribution is -2.41. The van der Waals surface area contributed by atoms with E-state index in [4.69, 9.17) is 9.47 Å². The molecular formula is C17H22N2O6S. The Morgan fingerprint density at radius 1 is 1.23 bits per heavy atom. The van der Waals surface area contributed by atoms with Gasteiger partial charge in [0.2, 0.25) is 5.91 Å². The predicted molar refractivity (Wildman–Crippen MR) is 96.2 cm³/mol. The van der Waals surface area contributed by atoms with Crippen molar-refractivity contribution in [1.82, 2.24) is 10.9 Å². The van der Waals surface area contributed by atoms with Crippen LogP contribution in [-0.2, 0) is 19.4 Å². The van der Waals surface area contributed by atoms with Gasteiger partial charge in [-0.15, -0.1) is 0 Å². The molecule has 8 nitrogen and oxygen atoms in total. The van der Waals surface area contributed by atoms with Crippen molar-refractivity contribution in [3.63, 3.8) is 0 Å². The quantitative estimate of drug-likeness (QED) is 0.553. The van der Waals surface area contributed by atoms with Gasteiger partial charge in [-0.1, -0.05) is 0 Å². The van der Waals surface area contributed by atoms with E-state index in [0.717, 1.165) is 0 Å². The van der Waals surface area contributed by atoms with Crippen molar-refractivity contribution in [2.45, 2.75) is 12.8 Å². The average molecular weight is 382 g/mol. The maximum atomic E-state index is 11.8. The van der Waals surface area contributed by atoms with E-state index in [-0.39, 0.29) is 23.8 Å². The number of rotatable bonds is 6. The molecule has 0 aromatic heterocycles. The first kappa shape index (κ1) is 19.8. The standard InChI is InChI=1S/C17H22N2O6S/c1-24-14-5-3-13(15(10-14)25-2)4-6-16(20)18-19-17(21)9-12-7-8-26(22,23)11-12/h3-6,10,12H,7-9,11H2,1-2H3,(H,18,20)(H,19,21)/b6-4+/t12-/m0/s1. The zero-order valence-corrected chi connectivity index (χ0v) is 15.5. The lowest BCUT2D eigenvalue weighted by molar-refractivity contribution is -0.127. The van der Waals surface area contributed by atoms with Crippen molar-refractivity contribution in [3.05, 3.63) is 29.8 Å². The van der Waals surface area contributed by atoms with Gasteiger partial charge in [-0.25, -0.2) is 8.42 Å². The molecule has 1 saturated heterocycles. The van der Waals surface area contributed by atoms with Gasteiger partial charge in [0.05, 0.1) is 25.7 Å². The SMILES string of the molecule is COc1ccc(/C=C/C(=O)NNC(=O)C[C@@H]2CCS(=O)(=O)C2)c(OC)c1. The van der Waals surface area contributed by atoms with Crippen LogP contribution in [0.25, 0.3) is 6.08 Å². The first-order chi connectivity index (χ1) is 12.3. The number of amides is 2. The minimum absolute atomic E-state index is 0.0194. The highest BCUT2D eigenvalue weighted by molar-refractivity contribution is 7.91. The summed E-state index contributed by atoms with van der Waals surface area (Å²) in [6.07, 6.45) is 3.34. The minimum atomic E-state index is -3.02. The lowest BCUT2D eigenvalue weighted by Gasteiger charge is -2.09. The summed E-state index contributed by atoms with van der Waals surface area (Å²) < 4.78 is 33.1. The van der Waals surface area contributed by atoms with Crippen molar-refractivity contribution < 1.29 is 27.5 Å². The van der Waals surface area contributed by atoms with Crippen LogP contribution in [0.5, 0.6) is 11.5 Å². The third kappa shape index (κ3) is 5.76. The molecule has 1 aromatic carbocycles. The van der Waals surface area contributed by atoms with E-state index in [1.165, 1.54) is 13.2 Å². The molecule has 2 rings (SSSR count). The number of hydrogen-bond acceptors (Lipinski definition) is 6. The Bertz CT molecular complexity index is 803. The van der Waals surface area contributed by atoms with Crippen LogP contribution in [0.2, 0.25) is 0 Å². The molecule has 2 N–H and O–H groups in total. The molecule has 0 saturated carbocycles. The molecule has 1 atom stereocenters. The Labute approximate surface area is 152 Å². The molecule has 0 radical (unpaired) electrons. The van der Waals surface area contributed by atoms with E-state index in [1.54, 1.807) is 31.4 Å². The van der Waals surface area contributed by atoms with E-state index >= 15 is 0 Å². The van der Waals surface area contributed by atoms with Crippen LogP contribution < -0.4 is 20.3 Å². The number of hydrazine groups is 1. The molecule has 1 fully saturated rings. The zero-order valence-electron chi connectivity index (χ0n) is 14.7. The molecule has 0 aliphatic carbocycles. The van der Waals surface area contributed by atoms with Crippen molar-refractivity contribution in [3.8, 4) is 11.5 Å². The molecule has 142 valence electrons. The molecular weight excluding hydrogens is 360 g/mol. The van der Waals surface area contributed by atoms with Crippen LogP contribution in [0.15, 0.2) is 24.3 Å². The van der Waals surface area contributed by atoms with Crippen LogP contribution in [0, 0.1) is 5.92 Å². The van der Waals surface area contributed by atoms with E-state index in [9.17, 15) is 18.0 Å². The summed E-state index contributed by atoms with van der Waals surface area (Å²) >= 11 is 0. The third-order valence-corrected chi connectivity index (χ3v) is 5.82. The highest BCUT2D eigenvalue weighted by atomic mass is 32.2. The first-order valence-corrected chi connectivity index (χ1v) is 9.84. The van der Waals surface area contributed by atoms with E-state index in [2.05, 4.69) is 10.9 Å². The van der Waals surface area contributed by atoms with Crippen molar-refractivity contribution >= 4 is 27.7 Å². The van der Waals surface area contributed by atoms with Crippen LogP contribution in [-0.4, -0.2) is 46.0 Å². The second kappa shape index (κ2) is 8.70. The van der Waals surface area contributed by atoms with Gasteiger partial charge in [0.25, 0.3) is 5.91 Å². The Morgan fingerprint density at radius 2 is 2.00 bits per heavy atom. The highest BCUT2D eigenvalue weighted by Gasteiger charge is 2.29. The monoisotopic (exact) mass is 382 g/mol. The van der Waals surface area contributed by atoms with Gasteiger partial charge in [0.1, 0.15) is 11.5 Å². The molecule has 1 aliphatic rings. The van der Waals surface area contributed by atoms with Crippen LogP contribution in [0.3, 0.4) is 0 Å². The second-order valence-electron chi connectivity index (χ2n) is 5.95. The maximum absolute atomic E-state index is 11.8. The van der Waals surface area contributed by atoms with E-state index in [0.29, 0.717) is 23.5 Å². The zero-order chi connectivity index (χ0) is 19.2. The van der Waals surface area contributed by atoms with E-state index in [1.807, 2.05) is 0 Å². The molecule has 1 heterocycles. The van der Waals surface area contributed by atoms with Crippen LogP contribution >= 0.6 is 0 Å². The molecule has 1 aromatic rings. The van der Waals surface area contributed by atoms with Gasteiger partial charge in [-0.2, -0.15) is 0 Å². The summed E-state index contributed by atoms with van der Waals surface area (Å²) in [4.78, 5) is 23.6. The van der Waals surface area contributed by atoms with Gasteiger partial charge in [0.15, 0.2) is 9.84 Å². The number of methoxy groups -OCH3 is 2. The van der Waals surface area contributed by atoms with Gasteiger partial charge in [0, 0.05) is 24.1 Å². The van der Waals surface area contributed by atoms with Crippen LogP contribution in [0.4, 0.5) is 0 Å². The number of carbonyl (C=O) groups is 2. The number of hydrogen-bond donors (Lipinski definition) is 2. The Morgan fingerprint density at radius 3 is 2.62 bits per heavy atom. The summed E-state index contributed by atoms with van der Waals surface area (Å²) in [5.41, 5.74) is 5.22. The van der Waals surface area contributed by atoms with Crippen molar-refractivity contribution in [2.75, 3.05) is 25.7 Å². The maximum Gasteiger partial charge on any atom is 0.262 e. The fraction of sp³-hybridized carbons (Fsp3) is 0.412. The molecule has 0 unspecified atom stereocenters.